The molecule has 3 aromatic rings. The maximum Gasteiger partial charge on any atom is 0.248 e. The van der Waals surface area contributed by atoms with Gasteiger partial charge < -0.3 is 10.2 Å². The number of aryl methyl sites for hydroxylation is 1. The topological polar surface area (TPSA) is 67.2 Å². The molecule has 1 aliphatic heterocycles. The van der Waals surface area contributed by atoms with Gasteiger partial charge >= 0.3 is 0 Å². The number of fused-ring (bicyclic) bond motifs is 1. The Morgan fingerprint density at radius 3 is 2.93 bits per heavy atom. The summed E-state index contributed by atoms with van der Waals surface area (Å²) in [6.45, 7) is 2.10. The number of thioether (sulfide) groups is 1. The Morgan fingerprint density at radius 2 is 2.07 bits per heavy atom. The fourth-order valence-corrected chi connectivity index (χ4v) is 4.41. The van der Waals surface area contributed by atoms with Crippen LogP contribution in [0.15, 0.2) is 54.7 Å². The number of nitrogens with zero attached hydrogens (tertiary/aromatic N) is 3. The van der Waals surface area contributed by atoms with E-state index in [4.69, 9.17) is 0 Å². The molecule has 2 heterocycles. The number of nitrogens with one attached hydrogen (secondary N) is 1. The van der Waals surface area contributed by atoms with Crippen LogP contribution in [0.4, 0.5) is 5.69 Å². The zero-order valence-corrected chi connectivity index (χ0v) is 15.8. The van der Waals surface area contributed by atoms with Crippen LogP contribution in [-0.2, 0) is 16.1 Å². The van der Waals surface area contributed by atoms with E-state index < -0.39 is 6.04 Å². The predicted octanol–water partition coefficient (Wildman–Crippen LogP) is 2.88. The molecule has 1 N–H and O–H groups in total. The number of anilines is 1. The summed E-state index contributed by atoms with van der Waals surface area (Å²) >= 11 is 1.59. The molecule has 1 saturated heterocycles. The Kier molecular flexibility index (Phi) is 4.85. The highest BCUT2D eigenvalue weighted by atomic mass is 32.2. The zero-order chi connectivity index (χ0) is 18.8. The molecule has 0 unspecified atom stereocenters. The van der Waals surface area contributed by atoms with Crippen LogP contribution in [-0.4, -0.2) is 44.2 Å². The second kappa shape index (κ2) is 7.44. The van der Waals surface area contributed by atoms with Gasteiger partial charge in [-0.2, -0.15) is 5.10 Å². The molecule has 7 heteroatoms. The molecular formula is C20H20N4O2S. The van der Waals surface area contributed by atoms with Gasteiger partial charge in [0.2, 0.25) is 11.8 Å². The fourth-order valence-electron chi connectivity index (χ4n) is 3.22. The zero-order valence-electron chi connectivity index (χ0n) is 15.0. The first-order valence-electron chi connectivity index (χ1n) is 8.77. The maximum atomic E-state index is 12.8. The van der Waals surface area contributed by atoms with Gasteiger partial charge in [-0.1, -0.05) is 30.3 Å². The molecule has 138 valence electrons. The second-order valence-corrected chi connectivity index (χ2v) is 7.60. The third-order valence-electron chi connectivity index (χ3n) is 4.63. The first-order chi connectivity index (χ1) is 13.1. The minimum Gasteiger partial charge on any atom is -0.324 e. The molecule has 0 radical (unpaired) electrons. The molecule has 2 aromatic carbocycles. The van der Waals surface area contributed by atoms with E-state index in [1.165, 1.54) is 0 Å². The summed E-state index contributed by atoms with van der Waals surface area (Å²) in [7, 11) is 0. The van der Waals surface area contributed by atoms with Gasteiger partial charge in [0.25, 0.3) is 0 Å². The predicted molar refractivity (Wildman–Crippen MR) is 108 cm³/mol. The highest BCUT2D eigenvalue weighted by Crippen LogP contribution is 2.23. The van der Waals surface area contributed by atoms with E-state index in [0.717, 1.165) is 22.2 Å². The Labute approximate surface area is 161 Å². The molecular weight excluding hydrogens is 360 g/mol. The molecule has 2 amide bonds. The van der Waals surface area contributed by atoms with E-state index in [2.05, 4.69) is 10.4 Å². The van der Waals surface area contributed by atoms with Gasteiger partial charge in [0.05, 0.1) is 17.6 Å². The van der Waals surface area contributed by atoms with Crippen molar-refractivity contribution in [1.29, 1.82) is 0 Å². The van der Waals surface area contributed by atoms with Gasteiger partial charge in [-0.05, 0) is 30.7 Å². The molecule has 0 aliphatic carbocycles. The van der Waals surface area contributed by atoms with E-state index in [1.807, 2.05) is 55.5 Å². The van der Waals surface area contributed by atoms with Gasteiger partial charge in [-0.3, -0.25) is 14.3 Å². The molecule has 6 nitrogen and oxygen atoms in total. The number of amides is 2. The average molecular weight is 380 g/mol. The van der Waals surface area contributed by atoms with Crippen molar-refractivity contribution in [3.05, 3.63) is 60.3 Å². The Morgan fingerprint density at radius 1 is 1.22 bits per heavy atom. The summed E-state index contributed by atoms with van der Waals surface area (Å²) < 4.78 is 1.69. The van der Waals surface area contributed by atoms with Gasteiger partial charge in [0, 0.05) is 16.8 Å². The molecule has 0 spiro atoms. The van der Waals surface area contributed by atoms with Crippen molar-refractivity contribution in [3.8, 4) is 0 Å². The van der Waals surface area contributed by atoms with Crippen molar-refractivity contribution in [1.82, 2.24) is 14.7 Å². The number of rotatable bonds is 4. The third kappa shape index (κ3) is 3.68. The van der Waals surface area contributed by atoms with Crippen LogP contribution in [0.2, 0.25) is 0 Å². The fraction of sp³-hybridized carbons (Fsp3) is 0.250. The summed E-state index contributed by atoms with van der Waals surface area (Å²) in [5.41, 5.74) is 2.74. The van der Waals surface area contributed by atoms with Crippen molar-refractivity contribution in [2.75, 3.05) is 16.9 Å². The van der Waals surface area contributed by atoms with Crippen LogP contribution >= 0.6 is 11.8 Å². The number of hydrogen-bond donors (Lipinski definition) is 1. The number of hydrogen-bond acceptors (Lipinski definition) is 4. The second-order valence-electron chi connectivity index (χ2n) is 6.60. The van der Waals surface area contributed by atoms with E-state index in [-0.39, 0.29) is 18.4 Å². The standard InChI is InChI=1S/C20H20N4O2S/c1-14-5-4-7-16(9-14)22-20(26)18-12-27-13-23(18)19(25)11-24-17-8-3-2-6-15(17)10-21-24/h2-10,18H,11-13H2,1H3,(H,22,26)/t18-/m1/s1. The van der Waals surface area contributed by atoms with Crippen LogP contribution in [0.25, 0.3) is 10.9 Å². The molecule has 27 heavy (non-hydrogen) atoms. The number of carbonyl (C=O) groups is 2. The number of aromatic nitrogens is 2. The SMILES string of the molecule is Cc1cccc(NC(=O)[C@H]2CSCN2C(=O)Cn2ncc3ccccc32)c1. The summed E-state index contributed by atoms with van der Waals surface area (Å²) in [6, 6.07) is 15.0. The number of carbonyl (C=O) groups excluding carboxylic acids is 2. The molecule has 1 aliphatic rings. The van der Waals surface area contributed by atoms with Crippen molar-refractivity contribution >= 4 is 40.2 Å². The highest BCUT2D eigenvalue weighted by molar-refractivity contribution is 7.99. The van der Waals surface area contributed by atoms with Crippen molar-refractivity contribution in [2.45, 2.75) is 19.5 Å². The Balaban J connectivity index is 1.47. The maximum absolute atomic E-state index is 12.8. The molecule has 1 atom stereocenters. The lowest BCUT2D eigenvalue weighted by Gasteiger charge is -2.23. The van der Waals surface area contributed by atoms with Crippen molar-refractivity contribution < 1.29 is 9.59 Å². The van der Waals surface area contributed by atoms with Crippen LogP contribution in [0.3, 0.4) is 0 Å². The first-order valence-corrected chi connectivity index (χ1v) is 9.92. The van der Waals surface area contributed by atoms with Crippen LogP contribution < -0.4 is 5.32 Å². The van der Waals surface area contributed by atoms with E-state index >= 15 is 0 Å². The van der Waals surface area contributed by atoms with E-state index in [0.29, 0.717) is 11.6 Å². The monoisotopic (exact) mass is 380 g/mol. The summed E-state index contributed by atoms with van der Waals surface area (Å²) in [4.78, 5) is 27.2. The average Bonchev–Trinajstić information content (AvgIpc) is 3.29. The van der Waals surface area contributed by atoms with Crippen molar-refractivity contribution in [2.24, 2.45) is 0 Å². The van der Waals surface area contributed by atoms with Crippen LogP contribution in [0, 0.1) is 6.92 Å². The Bertz CT molecular complexity index is 1000. The van der Waals surface area contributed by atoms with Crippen LogP contribution in [0.1, 0.15) is 5.56 Å². The summed E-state index contributed by atoms with van der Waals surface area (Å²) in [6.07, 6.45) is 1.75. The minimum atomic E-state index is -0.468. The molecule has 4 rings (SSSR count). The smallest absolute Gasteiger partial charge is 0.248 e. The molecule has 1 fully saturated rings. The van der Waals surface area contributed by atoms with E-state index in [9.17, 15) is 9.59 Å². The first kappa shape index (κ1) is 17.6. The van der Waals surface area contributed by atoms with Gasteiger partial charge in [0.1, 0.15) is 12.6 Å². The lowest BCUT2D eigenvalue weighted by molar-refractivity contribution is -0.136. The molecule has 1 aromatic heterocycles. The lowest BCUT2D eigenvalue weighted by Crippen LogP contribution is -2.45. The normalized spacial score (nSPS) is 16.6. The summed E-state index contributed by atoms with van der Waals surface area (Å²) in [5.74, 6) is 0.871. The largest absolute Gasteiger partial charge is 0.324 e. The lowest BCUT2D eigenvalue weighted by atomic mass is 10.2. The number of para-hydroxylation sites is 1. The third-order valence-corrected chi connectivity index (χ3v) is 5.64. The van der Waals surface area contributed by atoms with Crippen molar-refractivity contribution in [3.63, 3.8) is 0 Å². The van der Waals surface area contributed by atoms with Gasteiger partial charge in [-0.25, -0.2) is 0 Å². The van der Waals surface area contributed by atoms with Gasteiger partial charge in [0.15, 0.2) is 0 Å². The number of benzene rings is 2. The van der Waals surface area contributed by atoms with Gasteiger partial charge in [-0.15, -0.1) is 11.8 Å². The quantitative estimate of drug-likeness (QED) is 0.756. The van der Waals surface area contributed by atoms with E-state index in [1.54, 1.807) is 27.5 Å². The van der Waals surface area contributed by atoms with Crippen LogP contribution in [0.5, 0.6) is 0 Å². The Hall–Kier alpha value is -2.80. The summed E-state index contributed by atoms with van der Waals surface area (Å²) in [5, 5.41) is 8.24. The molecule has 0 bridgehead atoms. The minimum absolute atomic E-state index is 0.0988. The molecule has 0 saturated carbocycles. The highest BCUT2D eigenvalue weighted by Gasteiger charge is 2.34.